The standard InChI is InChI=1S/C17H21N3O8/c1-25-14(21)3-5-16(23)27-9-13(7-8-20-11-18-19-12-20)10-28-17(24)6-4-15(22)26-2/h3-6,11-13H,7-10H2,1-2H3/b5-3+,6-4+. The SMILES string of the molecule is COC(=O)/C=C/C(=O)OCC(CCn1cnnc1)COC(=O)/C=C/C(=O)OC. The maximum absolute atomic E-state index is 11.6. The van der Waals surface area contributed by atoms with Crippen LogP contribution in [0.5, 0.6) is 0 Å². The molecule has 11 heteroatoms. The number of carbonyl (C=O) groups is 4. The highest BCUT2D eigenvalue weighted by Gasteiger charge is 2.14. The van der Waals surface area contributed by atoms with Crippen LogP contribution in [-0.2, 0) is 44.7 Å². The van der Waals surface area contributed by atoms with Gasteiger partial charge in [-0.25, -0.2) is 19.2 Å². The van der Waals surface area contributed by atoms with E-state index in [4.69, 9.17) is 9.47 Å². The molecule has 0 saturated heterocycles. The molecule has 0 radical (unpaired) electrons. The molecule has 0 bridgehead atoms. The lowest BCUT2D eigenvalue weighted by molar-refractivity contribution is -0.144. The zero-order valence-electron chi connectivity index (χ0n) is 15.5. The Morgan fingerprint density at radius 1 is 0.821 bits per heavy atom. The highest BCUT2D eigenvalue weighted by Crippen LogP contribution is 2.08. The Kier molecular flexibility index (Phi) is 10.3. The Hall–Kier alpha value is -3.50. The van der Waals surface area contributed by atoms with Crippen molar-refractivity contribution < 1.29 is 38.1 Å². The molecule has 0 unspecified atom stereocenters. The van der Waals surface area contributed by atoms with Crippen LogP contribution in [0, 0.1) is 5.92 Å². The van der Waals surface area contributed by atoms with E-state index in [2.05, 4.69) is 19.7 Å². The number of aryl methyl sites for hydroxylation is 1. The zero-order chi connectivity index (χ0) is 20.8. The van der Waals surface area contributed by atoms with Gasteiger partial charge < -0.3 is 23.5 Å². The van der Waals surface area contributed by atoms with Gasteiger partial charge in [0.05, 0.1) is 27.4 Å². The summed E-state index contributed by atoms with van der Waals surface area (Å²) in [5.74, 6) is -3.19. The molecular formula is C17H21N3O8. The fourth-order valence-electron chi connectivity index (χ4n) is 1.79. The Morgan fingerprint density at radius 3 is 1.68 bits per heavy atom. The largest absolute Gasteiger partial charge is 0.466 e. The van der Waals surface area contributed by atoms with Crippen molar-refractivity contribution in [3.63, 3.8) is 0 Å². The van der Waals surface area contributed by atoms with Crippen LogP contribution < -0.4 is 0 Å². The topological polar surface area (TPSA) is 136 Å². The summed E-state index contributed by atoms with van der Waals surface area (Å²) in [7, 11) is 2.37. The first-order valence-electron chi connectivity index (χ1n) is 8.12. The van der Waals surface area contributed by atoms with Crippen LogP contribution in [0.1, 0.15) is 6.42 Å². The van der Waals surface area contributed by atoms with E-state index in [1.807, 2.05) is 0 Å². The second-order valence-electron chi connectivity index (χ2n) is 5.33. The van der Waals surface area contributed by atoms with E-state index >= 15 is 0 Å². The minimum absolute atomic E-state index is 0.0551. The summed E-state index contributed by atoms with van der Waals surface area (Å²) in [6.45, 7) is 0.393. The third-order valence-electron chi connectivity index (χ3n) is 3.30. The highest BCUT2D eigenvalue weighted by molar-refractivity contribution is 5.92. The average molecular weight is 395 g/mol. The minimum atomic E-state index is -0.739. The van der Waals surface area contributed by atoms with Gasteiger partial charge in [0.1, 0.15) is 12.7 Å². The molecule has 1 heterocycles. The number of nitrogens with zero attached hydrogens (tertiary/aromatic N) is 3. The molecule has 0 aliphatic carbocycles. The van der Waals surface area contributed by atoms with Crippen molar-refractivity contribution in [3.8, 4) is 0 Å². The van der Waals surface area contributed by atoms with Gasteiger partial charge in [0, 0.05) is 36.8 Å². The summed E-state index contributed by atoms with van der Waals surface area (Å²) in [6, 6.07) is 0. The van der Waals surface area contributed by atoms with Gasteiger partial charge in [0.15, 0.2) is 0 Å². The summed E-state index contributed by atoms with van der Waals surface area (Å²) < 4.78 is 20.6. The minimum Gasteiger partial charge on any atom is -0.466 e. The van der Waals surface area contributed by atoms with Crippen LogP contribution in [0.3, 0.4) is 0 Å². The number of ether oxygens (including phenoxy) is 4. The average Bonchev–Trinajstić information content (AvgIpc) is 3.22. The molecule has 0 N–H and O–H groups in total. The van der Waals surface area contributed by atoms with E-state index < -0.39 is 23.9 Å². The first kappa shape index (κ1) is 22.5. The maximum atomic E-state index is 11.6. The molecule has 0 saturated carbocycles. The van der Waals surface area contributed by atoms with Gasteiger partial charge in [0.25, 0.3) is 0 Å². The zero-order valence-corrected chi connectivity index (χ0v) is 15.5. The van der Waals surface area contributed by atoms with Crippen LogP contribution in [0.25, 0.3) is 0 Å². The summed E-state index contributed by atoms with van der Waals surface area (Å²) >= 11 is 0. The van der Waals surface area contributed by atoms with Crippen LogP contribution in [-0.4, -0.2) is 66.1 Å². The predicted octanol–water partition coefficient (Wildman–Crippen LogP) is -0.171. The monoisotopic (exact) mass is 395 g/mol. The van der Waals surface area contributed by atoms with Crippen molar-refractivity contribution in [2.24, 2.45) is 5.92 Å². The second-order valence-corrected chi connectivity index (χ2v) is 5.33. The predicted molar refractivity (Wildman–Crippen MR) is 92.4 cm³/mol. The molecule has 0 amide bonds. The van der Waals surface area contributed by atoms with Crippen molar-refractivity contribution in [2.45, 2.75) is 13.0 Å². The van der Waals surface area contributed by atoms with E-state index in [1.165, 1.54) is 26.9 Å². The number of carbonyl (C=O) groups excluding carboxylic acids is 4. The number of aromatic nitrogens is 3. The smallest absolute Gasteiger partial charge is 0.331 e. The van der Waals surface area contributed by atoms with Crippen molar-refractivity contribution in [1.29, 1.82) is 0 Å². The Balaban J connectivity index is 2.55. The lowest BCUT2D eigenvalue weighted by Gasteiger charge is -2.16. The summed E-state index contributed by atoms with van der Waals surface area (Å²) in [4.78, 5) is 45.2. The number of esters is 4. The van der Waals surface area contributed by atoms with Gasteiger partial charge in [0.2, 0.25) is 0 Å². The lowest BCUT2D eigenvalue weighted by Crippen LogP contribution is -2.21. The molecule has 1 aromatic rings. The van der Waals surface area contributed by atoms with E-state index in [-0.39, 0.29) is 19.1 Å². The molecule has 28 heavy (non-hydrogen) atoms. The molecule has 1 aromatic heterocycles. The number of hydrogen-bond acceptors (Lipinski definition) is 10. The van der Waals surface area contributed by atoms with E-state index in [0.717, 1.165) is 24.3 Å². The van der Waals surface area contributed by atoms with Crippen LogP contribution in [0.15, 0.2) is 37.0 Å². The van der Waals surface area contributed by atoms with Gasteiger partial charge >= 0.3 is 23.9 Å². The number of methoxy groups -OCH3 is 2. The Morgan fingerprint density at radius 2 is 1.25 bits per heavy atom. The fourth-order valence-corrected chi connectivity index (χ4v) is 1.79. The molecule has 0 aromatic carbocycles. The van der Waals surface area contributed by atoms with E-state index in [1.54, 1.807) is 4.57 Å². The molecule has 152 valence electrons. The van der Waals surface area contributed by atoms with Gasteiger partial charge in [-0.15, -0.1) is 10.2 Å². The fraction of sp³-hybridized carbons (Fsp3) is 0.412. The van der Waals surface area contributed by atoms with Gasteiger partial charge in [-0.05, 0) is 6.42 Å². The van der Waals surface area contributed by atoms with Gasteiger partial charge in [-0.3, -0.25) is 0 Å². The number of hydrogen-bond donors (Lipinski definition) is 0. The summed E-state index contributed by atoms with van der Waals surface area (Å²) in [6.07, 6.45) is 7.28. The van der Waals surface area contributed by atoms with Crippen LogP contribution in [0.2, 0.25) is 0 Å². The normalized spacial score (nSPS) is 11.0. The Bertz CT molecular complexity index is 670. The third-order valence-corrected chi connectivity index (χ3v) is 3.30. The summed E-state index contributed by atoms with van der Waals surface area (Å²) in [5, 5.41) is 7.37. The molecule has 0 aliphatic rings. The Labute approximate surface area is 160 Å². The maximum Gasteiger partial charge on any atom is 0.331 e. The van der Waals surface area contributed by atoms with Crippen LogP contribution in [0.4, 0.5) is 0 Å². The van der Waals surface area contributed by atoms with E-state index in [9.17, 15) is 19.2 Å². The molecule has 0 atom stereocenters. The quantitative estimate of drug-likeness (QED) is 0.282. The molecule has 0 spiro atoms. The molecule has 0 aliphatic heterocycles. The molecule has 1 rings (SSSR count). The first-order chi connectivity index (χ1) is 13.4. The van der Waals surface area contributed by atoms with Crippen molar-refractivity contribution in [2.75, 3.05) is 27.4 Å². The van der Waals surface area contributed by atoms with Crippen molar-refractivity contribution in [1.82, 2.24) is 14.8 Å². The highest BCUT2D eigenvalue weighted by atomic mass is 16.5. The van der Waals surface area contributed by atoms with Crippen LogP contribution >= 0.6 is 0 Å². The number of rotatable bonds is 11. The van der Waals surface area contributed by atoms with Crippen molar-refractivity contribution >= 4 is 23.9 Å². The summed E-state index contributed by atoms with van der Waals surface area (Å²) in [5.41, 5.74) is 0. The van der Waals surface area contributed by atoms with Gasteiger partial charge in [-0.1, -0.05) is 0 Å². The van der Waals surface area contributed by atoms with E-state index in [0.29, 0.717) is 13.0 Å². The molecule has 11 nitrogen and oxygen atoms in total. The lowest BCUT2D eigenvalue weighted by atomic mass is 10.1. The van der Waals surface area contributed by atoms with Crippen molar-refractivity contribution in [3.05, 3.63) is 37.0 Å². The second kappa shape index (κ2) is 12.8. The third kappa shape index (κ3) is 9.85. The first-order valence-corrected chi connectivity index (χ1v) is 8.12. The molecular weight excluding hydrogens is 374 g/mol. The molecule has 0 fully saturated rings. The van der Waals surface area contributed by atoms with Gasteiger partial charge in [-0.2, -0.15) is 0 Å².